The molecular formula is C33H68N2O6S2. The molecule has 0 spiro atoms. The van der Waals surface area contributed by atoms with E-state index >= 15 is 0 Å². The first kappa shape index (κ1) is 42.3. The van der Waals surface area contributed by atoms with E-state index in [4.69, 9.17) is 0 Å². The number of hydrogen-bond acceptors (Lipinski definition) is 5. The van der Waals surface area contributed by atoms with Crippen molar-refractivity contribution in [2.24, 2.45) is 0 Å². The summed E-state index contributed by atoms with van der Waals surface area (Å²) in [6.07, 6.45) is 29.9. The lowest BCUT2D eigenvalue weighted by Gasteiger charge is -2.16. The van der Waals surface area contributed by atoms with Crippen LogP contribution in [0.5, 0.6) is 0 Å². The molecule has 1 atom stereocenters. The summed E-state index contributed by atoms with van der Waals surface area (Å²) in [7, 11) is -7.49. The van der Waals surface area contributed by atoms with Gasteiger partial charge in [-0.15, -0.1) is 0 Å². The van der Waals surface area contributed by atoms with Gasteiger partial charge in [-0.1, -0.05) is 168 Å². The van der Waals surface area contributed by atoms with Gasteiger partial charge in [-0.05, 0) is 12.8 Å². The smallest absolute Gasteiger partial charge is 0.323 e. The van der Waals surface area contributed by atoms with Gasteiger partial charge in [0.05, 0.1) is 11.5 Å². The van der Waals surface area contributed by atoms with Gasteiger partial charge in [0.2, 0.25) is 20.0 Å². The highest BCUT2D eigenvalue weighted by molar-refractivity contribution is 7.89. The van der Waals surface area contributed by atoms with Gasteiger partial charge in [0.25, 0.3) is 0 Å². The van der Waals surface area contributed by atoms with Crippen LogP contribution in [-0.4, -0.2) is 52.0 Å². The minimum atomic E-state index is -3.82. The quantitative estimate of drug-likeness (QED) is 0.0598. The van der Waals surface area contributed by atoms with Crippen molar-refractivity contribution >= 4 is 26.0 Å². The second kappa shape index (κ2) is 28.7. The van der Waals surface area contributed by atoms with Crippen LogP contribution in [0.15, 0.2) is 0 Å². The third kappa shape index (κ3) is 29.7. The Balaban J connectivity index is 3.95. The minimum Gasteiger partial charge on any atom is -0.480 e. The Morgan fingerprint density at radius 1 is 0.488 bits per heavy atom. The number of nitrogens with one attached hydrogen (secondary N) is 2. The lowest BCUT2D eigenvalue weighted by molar-refractivity contribution is -0.138. The Hall–Kier alpha value is -0.710. The lowest BCUT2D eigenvalue weighted by Crippen LogP contribution is -2.49. The topological polar surface area (TPSA) is 130 Å². The third-order valence-electron chi connectivity index (χ3n) is 8.16. The lowest BCUT2D eigenvalue weighted by atomic mass is 10.1. The number of carbonyl (C=O) groups is 1. The van der Waals surface area contributed by atoms with E-state index in [2.05, 4.69) is 23.3 Å². The van der Waals surface area contributed by atoms with Crippen LogP contribution in [0.1, 0.15) is 181 Å². The molecule has 0 heterocycles. The molecule has 0 aliphatic rings. The number of carboxylic acids is 1. The van der Waals surface area contributed by atoms with Crippen LogP contribution in [-0.2, 0) is 24.8 Å². The molecule has 0 aromatic heterocycles. The number of aliphatic carboxylic acids is 1. The van der Waals surface area contributed by atoms with Crippen LogP contribution < -0.4 is 9.44 Å². The summed E-state index contributed by atoms with van der Waals surface area (Å²) >= 11 is 0. The summed E-state index contributed by atoms with van der Waals surface area (Å²) in [6.45, 7) is 3.97. The Kier molecular flexibility index (Phi) is 28.3. The molecule has 0 bridgehead atoms. The number of hydrogen-bond donors (Lipinski definition) is 3. The SMILES string of the molecule is CCCCCCCCCCCCCCCS(=O)(=O)NCC(NS(=O)(=O)CCCCCCCCCCCCCCC)C(=O)O. The van der Waals surface area contributed by atoms with Gasteiger partial charge in [-0.2, -0.15) is 4.72 Å². The maximum Gasteiger partial charge on any atom is 0.323 e. The molecule has 0 aromatic carbocycles. The second-order valence-electron chi connectivity index (χ2n) is 12.5. The average molecular weight is 653 g/mol. The van der Waals surface area contributed by atoms with E-state index in [1.54, 1.807) is 0 Å². The zero-order valence-electron chi connectivity index (χ0n) is 27.9. The minimum absolute atomic E-state index is 0.0805. The van der Waals surface area contributed by atoms with Gasteiger partial charge in [-0.25, -0.2) is 21.6 Å². The van der Waals surface area contributed by atoms with Crippen molar-refractivity contribution in [2.45, 2.75) is 187 Å². The highest BCUT2D eigenvalue weighted by Crippen LogP contribution is 2.14. The first-order valence-corrected chi connectivity index (χ1v) is 21.1. The first-order valence-electron chi connectivity index (χ1n) is 17.8. The van der Waals surface area contributed by atoms with Gasteiger partial charge in [0, 0.05) is 6.54 Å². The van der Waals surface area contributed by atoms with Crippen molar-refractivity contribution in [3.63, 3.8) is 0 Å². The van der Waals surface area contributed by atoms with Gasteiger partial charge >= 0.3 is 5.97 Å². The molecule has 0 amide bonds. The molecule has 0 rings (SSSR count). The number of carboxylic acid groups (broad SMARTS) is 1. The fraction of sp³-hybridized carbons (Fsp3) is 0.970. The summed E-state index contributed by atoms with van der Waals surface area (Å²) in [6, 6.07) is -1.52. The molecule has 258 valence electrons. The molecule has 0 saturated heterocycles. The first-order chi connectivity index (χ1) is 20.6. The fourth-order valence-corrected chi connectivity index (χ4v) is 7.83. The van der Waals surface area contributed by atoms with Crippen molar-refractivity contribution in [2.75, 3.05) is 18.1 Å². The summed E-state index contributed by atoms with van der Waals surface area (Å²) in [5, 5.41) is 9.45. The van der Waals surface area contributed by atoms with E-state index in [1.165, 1.54) is 116 Å². The molecule has 10 heteroatoms. The second-order valence-corrected chi connectivity index (χ2v) is 16.3. The largest absolute Gasteiger partial charge is 0.480 e. The average Bonchev–Trinajstić information content (AvgIpc) is 2.95. The molecular weight excluding hydrogens is 585 g/mol. The maximum atomic E-state index is 12.4. The summed E-state index contributed by atoms with van der Waals surface area (Å²) < 4.78 is 54.0. The Morgan fingerprint density at radius 2 is 0.767 bits per heavy atom. The number of sulfonamides is 2. The zero-order valence-corrected chi connectivity index (χ0v) is 29.5. The number of unbranched alkanes of at least 4 members (excludes halogenated alkanes) is 24. The predicted octanol–water partition coefficient (Wildman–Crippen LogP) is 8.46. The van der Waals surface area contributed by atoms with Gasteiger partial charge in [-0.3, -0.25) is 4.79 Å². The zero-order chi connectivity index (χ0) is 32.1. The van der Waals surface area contributed by atoms with Crippen molar-refractivity contribution < 1.29 is 26.7 Å². The molecule has 1 unspecified atom stereocenters. The highest BCUT2D eigenvalue weighted by atomic mass is 32.2. The van der Waals surface area contributed by atoms with Crippen LogP contribution in [0, 0.1) is 0 Å². The normalized spacial score (nSPS) is 13.0. The van der Waals surface area contributed by atoms with Crippen LogP contribution in [0.2, 0.25) is 0 Å². The number of rotatable bonds is 34. The molecule has 0 saturated carbocycles. The summed E-state index contributed by atoms with van der Waals surface area (Å²) in [5.74, 6) is -1.62. The highest BCUT2D eigenvalue weighted by Gasteiger charge is 2.25. The molecule has 43 heavy (non-hydrogen) atoms. The van der Waals surface area contributed by atoms with Gasteiger partial charge < -0.3 is 5.11 Å². The van der Waals surface area contributed by atoms with Crippen LogP contribution >= 0.6 is 0 Å². The van der Waals surface area contributed by atoms with Gasteiger partial charge in [0.1, 0.15) is 6.04 Å². The van der Waals surface area contributed by atoms with Crippen LogP contribution in [0.4, 0.5) is 0 Å². The van der Waals surface area contributed by atoms with E-state index in [0.29, 0.717) is 12.8 Å². The van der Waals surface area contributed by atoms with Crippen LogP contribution in [0.25, 0.3) is 0 Å². The van der Waals surface area contributed by atoms with Crippen LogP contribution in [0.3, 0.4) is 0 Å². The van der Waals surface area contributed by atoms with E-state index in [0.717, 1.165) is 38.5 Å². The van der Waals surface area contributed by atoms with E-state index < -0.39 is 38.6 Å². The molecule has 0 radical (unpaired) electrons. The van der Waals surface area contributed by atoms with Crippen molar-refractivity contribution in [1.29, 1.82) is 0 Å². The molecule has 3 N–H and O–H groups in total. The van der Waals surface area contributed by atoms with Crippen molar-refractivity contribution in [1.82, 2.24) is 9.44 Å². The summed E-state index contributed by atoms with van der Waals surface area (Å²) in [4.78, 5) is 11.6. The predicted molar refractivity (Wildman–Crippen MR) is 182 cm³/mol. The Bertz CT molecular complexity index is 849. The van der Waals surface area contributed by atoms with Gasteiger partial charge in [0.15, 0.2) is 0 Å². The Labute approximate surface area is 266 Å². The Morgan fingerprint density at radius 3 is 1.07 bits per heavy atom. The molecule has 0 aliphatic heterocycles. The molecule has 0 aliphatic carbocycles. The standard InChI is InChI=1S/C33H68N2O6S2/c1-3-5-7-9-11-13-15-17-19-21-23-25-27-29-42(38,39)34-31-32(33(36)37)35-43(40,41)30-28-26-24-22-20-18-16-14-12-10-8-6-4-2/h32,34-35H,3-31H2,1-2H3,(H,36,37). The van der Waals surface area contributed by atoms with E-state index in [-0.39, 0.29) is 11.5 Å². The monoisotopic (exact) mass is 652 g/mol. The fourth-order valence-electron chi connectivity index (χ4n) is 5.36. The van der Waals surface area contributed by atoms with E-state index in [1.807, 2.05) is 0 Å². The molecule has 0 fully saturated rings. The van der Waals surface area contributed by atoms with Crippen molar-refractivity contribution in [3.05, 3.63) is 0 Å². The maximum absolute atomic E-state index is 12.4. The van der Waals surface area contributed by atoms with Crippen molar-refractivity contribution in [3.8, 4) is 0 Å². The van der Waals surface area contributed by atoms with E-state index in [9.17, 15) is 26.7 Å². The molecule has 8 nitrogen and oxygen atoms in total. The molecule has 0 aromatic rings. The third-order valence-corrected chi connectivity index (χ3v) is 11.1. The summed E-state index contributed by atoms with van der Waals surface area (Å²) in [5.41, 5.74) is 0.